The van der Waals surface area contributed by atoms with Gasteiger partial charge in [0.25, 0.3) is 0 Å². The summed E-state index contributed by atoms with van der Waals surface area (Å²) in [5.74, 6) is 0.494. The summed E-state index contributed by atoms with van der Waals surface area (Å²) in [5.41, 5.74) is 2.64. The van der Waals surface area contributed by atoms with Gasteiger partial charge in [-0.3, -0.25) is 14.6 Å². The summed E-state index contributed by atoms with van der Waals surface area (Å²) in [7, 11) is 1.43. The van der Waals surface area contributed by atoms with Gasteiger partial charge in [-0.05, 0) is 74.3 Å². The molecule has 3 heterocycles. The predicted octanol–water partition coefficient (Wildman–Crippen LogP) is 4.61. The van der Waals surface area contributed by atoms with Gasteiger partial charge in [0, 0.05) is 31.4 Å². The SMILES string of the molecule is CCOC(=O)CC(c1ccc(OC)c(F)c1)N1CC(CCCc2ccc3c(n2)N(C(=O)O)CCC3)C1. The van der Waals surface area contributed by atoms with Gasteiger partial charge >= 0.3 is 12.1 Å². The van der Waals surface area contributed by atoms with Crippen LogP contribution in [0.4, 0.5) is 15.0 Å². The van der Waals surface area contributed by atoms with Gasteiger partial charge in [-0.1, -0.05) is 12.1 Å². The Bertz CT molecular complexity index is 1090. The van der Waals surface area contributed by atoms with Crippen molar-refractivity contribution in [3.05, 3.63) is 53.0 Å². The number of halogens is 1. The fourth-order valence-electron chi connectivity index (χ4n) is 5.15. The van der Waals surface area contributed by atoms with Gasteiger partial charge in [0.2, 0.25) is 0 Å². The van der Waals surface area contributed by atoms with Crippen molar-refractivity contribution in [3.63, 3.8) is 0 Å². The number of rotatable bonds is 10. The van der Waals surface area contributed by atoms with E-state index < -0.39 is 11.9 Å². The third-order valence-electron chi connectivity index (χ3n) is 7.03. The molecule has 1 saturated heterocycles. The minimum atomic E-state index is -0.954. The fourth-order valence-corrected chi connectivity index (χ4v) is 5.15. The van der Waals surface area contributed by atoms with Crippen molar-refractivity contribution < 1.29 is 28.6 Å². The summed E-state index contributed by atoms with van der Waals surface area (Å²) >= 11 is 0. The summed E-state index contributed by atoms with van der Waals surface area (Å²) in [4.78, 5) is 32.0. The number of aromatic nitrogens is 1. The van der Waals surface area contributed by atoms with Gasteiger partial charge in [-0.2, -0.15) is 0 Å². The lowest BCUT2D eigenvalue weighted by Crippen LogP contribution is -2.49. The third-order valence-corrected chi connectivity index (χ3v) is 7.03. The first-order chi connectivity index (χ1) is 17.4. The van der Waals surface area contributed by atoms with Crippen molar-refractivity contribution in [1.29, 1.82) is 0 Å². The second-order valence-corrected chi connectivity index (χ2v) is 9.45. The minimum Gasteiger partial charge on any atom is -0.494 e. The van der Waals surface area contributed by atoms with Gasteiger partial charge in [0.15, 0.2) is 11.6 Å². The molecule has 1 unspecified atom stereocenters. The van der Waals surface area contributed by atoms with Crippen molar-refractivity contribution in [2.75, 3.05) is 38.3 Å². The van der Waals surface area contributed by atoms with Crippen LogP contribution in [-0.2, 0) is 22.4 Å². The number of esters is 1. The molecule has 2 aliphatic rings. The summed E-state index contributed by atoms with van der Waals surface area (Å²) in [5, 5.41) is 9.47. The molecule has 1 fully saturated rings. The van der Waals surface area contributed by atoms with Crippen LogP contribution < -0.4 is 9.64 Å². The van der Waals surface area contributed by atoms with Crippen molar-refractivity contribution in [2.45, 2.75) is 51.5 Å². The number of benzene rings is 1. The molecule has 1 aromatic carbocycles. The van der Waals surface area contributed by atoms with Crippen LogP contribution in [0.3, 0.4) is 0 Å². The normalized spacial score (nSPS) is 16.7. The Morgan fingerprint density at radius 1 is 1.25 bits per heavy atom. The highest BCUT2D eigenvalue weighted by Gasteiger charge is 2.34. The minimum absolute atomic E-state index is 0.172. The summed E-state index contributed by atoms with van der Waals surface area (Å²) in [6, 6.07) is 8.61. The van der Waals surface area contributed by atoms with Gasteiger partial charge in [-0.25, -0.2) is 14.2 Å². The van der Waals surface area contributed by atoms with Gasteiger partial charge in [0.05, 0.1) is 20.1 Å². The smallest absolute Gasteiger partial charge is 0.413 e. The average Bonchev–Trinajstić information content (AvgIpc) is 2.84. The zero-order chi connectivity index (χ0) is 25.7. The van der Waals surface area contributed by atoms with Crippen molar-refractivity contribution in [1.82, 2.24) is 9.88 Å². The van der Waals surface area contributed by atoms with E-state index in [0.717, 1.165) is 62.0 Å². The first kappa shape index (κ1) is 25.9. The molecule has 0 bridgehead atoms. The number of carbonyl (C=O) groups is 2. The zero-order valence-electron chi connectivity index (χ0n) is 20.9. The Morgan fingerprint density at radius 2 is 2.06 bits per heavy atom. The topological polar surface area (TPSA) is 92.2 Å². The number of carboxylic acid groups (broad SMARTS) is 1. The van der Waals surface area contributed by atoms with Crippen LogP contribution in [0.25, 0.3) is 0 Å². The largest absolute Gasteiger partial charge is 0.494 e. The fraction of sp³-hybridized carbons (Fsp3) is 0.519. The van der Waals surface area contributed by atoms with E-state index in [1.807, 2.05) is 12.1 Å². The second kappa shape index (κ2) is 11.7. The number of aryl methyl sites for hydroxylation is 2. The molecule has 1 atom stereocenters. The molecule has 0 radical (unpaired) electrons. The molecule has 0 aliphatic carbocycles. The molecule has 0 spiro atoms. The summed E-state index contributed by atoms with van der Waals surface area (Å²) in [6.45, 7) is 4.22. The van der Waals surface area contributed by atoms with E-state index in [1.54, 1.807) is 19.1 Å². The quantitative estimate of drug-likeness (QED) is 0.477. The summed E-state index contributed by atoms with van der Waals surface area (Å²) in [6.07, 6.45) is 3.62. The number of carbonyl (C=O) groups excluding carboxylic acids is 1. The first-order valence-electron chi connectivity index (χ1n) is 12.6. The molecule has 194 valence electrons. The van der Waals surface area contributed by atoms with E-state index in [0.29, 0.717) is 24.9 Å². The molecule has 2 aliphatic heterocycles. The van der Waals surface area contributed by atoms with Crippen molar-refractivity contribution in [2.24, 2.45) is 5.92 Å². The maximum absolute atomic E-state index is 14.4. The third kappa shape index (κ3) is 5.95. The van der Waals surface area contributed by atoms with Gasteiger partial charge in [0.1, 0.15) is 5.82 Å². The van der Waals surface area contributed by atoms with E-state index in [2.05, 4.69) is 9.88 Å². The Labute approximate surface area is 211 Å². The van der Waals surface area contributed by atoms with Crippen LogP contribution in [0.2, 0.25) is 0 Å². The predicted molar refractivity (Wildman–Crippen MR) is 133 cm³/mol. The highest BCUT2D eigenvalue weighted by molar-refractivity contribution is 5.86. The van der Waals surface area contributed by atoms with Crippen LogP contribution >= 0.6 is 0 Å². The molecule has 0 saturated carbocycles. The van der Waals surface area contributed by atoms with E-state index in [9.17, 15) is 19.1 Å². The number of ether oxygens (including phenoxy) is 2. The molecule has 4 rings (SSSR count). The van der Waals surface area contributed by atoms with Crippen molar-refractivity contribution in [3.8, 4) is 5.75 Å². The number of anilines is 1. The zero-order valence-corrected chi connectivity index (χ0v) is 20.9. The highest BCUT2D eigenvalue weighted by atomic mass is 19.1. The van der Waals surface area contributed by atoms with Crippen molar-refractivity contribution >= 4 is 17.9 Å². The lowest BCUT2D eigenvalue weighted by molar-refractivity contribution is -0.145. The molecule has 36 heavy (non-hydrogen) atoms. The van der Waals surface area contributed by atoms with Gasteiger partial charge in [-0.15, -0.1) is 0 Å². The molecule has 1 N–H and O–H groups in total. The Kier molecular flexibility index (Phi) is 8.40. The molecule has 1 aromatic heterocycles. The number of fused-ring (bicyclic) bond motifs is 1. The monoisotopic (exact) mass is 499 g/mol. The summed E-state index contributed by atoms with van der Waals surface area (Å²) < 4.78 is 24.5. The molecular weight excluding hydrogens is 465 g/mol. The molecule has 9 heteroatoms. The number of hydrogen-bond donors (Lipinski definition) is 1. The Morgan fingerprint density at radius 3 is 2.75 bits per heavy atom. The van der Waals surface area contributed by atoms with E-state index in [-0.39, 0.29) is 24.2 Å². The maximum atomic E-state index is 14.4. The van der Waals surface area contributed by atoms with Crippen LogP contribution in [0, 0.1) is 11.7 Å². The van der Waals surface area contributed by atoms with Gasteiger partial charge < -0.3 is 14.6 Å². The molecule has 8 nitrogen and oxygen atoms in total. The maximum Gasteiger partial charge on any atom is 0.413 e. The Balaban J connectivity index is 1.33. The second-order valence-electron chi connectivity index (χ2n) is 9.45. The lowest BCUT2D eigenvalue weighted by Gasteiger charge is -2.44. The van der Waals surface area contributed by atoms with Crippen LogP contribution in [0.15, 0.2) is 30.3 Å². The van der Waals surface area contributed by atoms with E-state index in [4.69, 9.17) is 9.47 Å². The number of likely N-dealkylation sites (tertiary alicyclic amines) is 1. The molecule has 1 amide bonds. The standard InChI is InChI=1S/C27H34FN3O5/c1-3-36-25(32)15-23(20-10-12-24(35-2)22(28)14-20)30-16-18(17-30)6-4-8-21-11-9-19-7-5-13-31(27(33)34)26(19)29-21/h9-12,14,18,23H,3-8,13,15-17H2,1-2H3,(H,33,34). The molecule has 2 aromatic rings. The highest BCUT2D eigenvalue weighted by Crippen LogP contribution is 2.35. The van der Waals surface area contributed by atoms with Crippen LogP contribution in [0.5, 0.6) is 5.75 Å². The number of hydrogen-bond acceptors (Lipinski definition) is 6. The number of methoxy groups -OCH3 is 1. The Hall–Kier alpha value is -3.20. The van der Waals surface area contributed by atoms with E-state index >= 15 is 0 Å². The van der Waals surface area contributed by atoms with E-state index in [1.165, 1.54) is 18.1 Å². The molecular formula is C27H34FN3O5. The number of amides is 1. The number of pyridine rings is 1. The average molecular weight is 500 g/mol. The lowest BCUT2D eigenvalue weighted by atomic mass is 9.89. The first-order valence-corrected chi connectivity index (χ1v) is 12.6. The van der Waals surface area contributed by atoms with Crippen LogP contribution in [0.1, 0.15) is 55.5 Å². The number of nitrogens with zero attached hydrogens (tertiary/aromatic N) is 3. The van der Waals surface area contributed by atoms with Crippen LogP contribution in [-0.4, -0.2) is 60.4 Å².